The summed E-state index contributed by atoms with van der Waals surface area (Å²) in [5.74, 6) is -1.38. The van der Waals surface area contributed by atoms with Crippen LogP contribution in [0, 0.1) is 11.6 Å². The first kappa shape index (κ1) is 14.8. The van der Waals surface area contributed by atoms with Gasteiger partial charge in [0.15, 0.2) is 17.4 Å². The van der Waals surface area contributed by atoms with Crippen LogP contribution in [0.3, 0.4) is 0 Å². The zero-order valence-electron chi connectivity index (χ0n) is 11.0. The van der Waals surface area contributed by atoms with Crippen LogP contribution in [0.25, 0.3) is 0 Å². The fraction of sp³-hybridized carbons (Fsp3) is 0.200. The summed E-state index contributed by atoms with van der Waals surface area (Å²) in [7, 11) is 0. The van der Waals surface area contributed by atoms with Gasteiger partial charge in [0.05, 0.1) is 0 Å². The van der Waals surface area contributed by atoms with Crippen LogP contribution >= 0.6 is 11.8 Å². The molecule has 0 aliphatic rings. The summed E-state index contributed by atoms with van der Waals surface area (Å²) in [5.41, 5.74) is 5.90. The Balaban J connectivity index is 2.34. The van der Waals surface area contributed by atoms with Gasteiger partial charge in [0.25, 0.3) is 0 Å². The van der Waals surface area contributed by atoms with E-state index in [0.717, 1.165) is 4.90 Å². The van der Waals surface area contributed by atoms with Crippen molar-refractivity contribution in [1.29, 1.82) is 0 Å². The fourth-order valence-corrected chi connectivity index (χ4v) is 2.36. The Morgan fingerprint density at radius 2 is 1.80 bits per heavy atom. The normalized spacial score (nSPS) is 10.6. The lowest BCUT2D eigenvalue weighted by Gasteiger charge is -2.12. The summed E-state index contributed by atoms with van der Waals surface area (Å²) in [4.78, 5) is 0.817. The van der Waals surface area contributed by atoms with Gasteiger partial charge in [-0.1, -0.05) is 12.1 Å². The molecule has 2 aromatic carbocycles. The molecule has 20 heavy (non-hydrogen) atoms. The first-order valence-corrected chi connectivity index (χ1v) is 7.37. The predicted molar refractivity (Wildman–Crippen MR) is 77.4 cm³/mol. The van der Waals surface area contributed by atoms with E-state index in [1.807, 2.05) is 18.4 Å². The maximum Gasteiger partial charge on any atom is 0.198 e. The summed E-state index contributed by atoms with van der Waals surface area (Å²) >= 11 is 1.45. The number of thioether (sulfide) groups is 1. The first-order chi connectivity index (χ1) is 9.65. The monoisotopic (exact) mass is 295 g/mol. The summed E-state index contributed by atoms with van der Waals surface area (Å²) in [5, 5.41) is 0. The summed E-state index contributed by atoms with van der Waals surface area (Å²) < 4.78 is 33.3. The van der Waals surface area contributed by atoms with Crippen molar-refractivity contribution in [1.82, 2.24) is 0 Å². The van der Waals surface area contributed by atoms with Gasteiger partial charge in [-0.25, -0.2) is 8.78 Å². The van der Waals surface area contributed by atoms with Crippen LogP contribution in [0.5, 0.6) is 11.5 Å². The van der Waals surface area contributed by atoms with Crippen LogP contribution < -0.4 is 10.5 Å². The Morgan fingerprint density at radius 1 is 1.15 bits per heavy atom. The van der Waals surface area contributed by atoms with Gasteiger partial charge in [0, 0.05) is 4.90 Å². The highest BCUT2D eigenvalue weighted by Gasteiger charge is 2.15. The highest BCUT2D eigenvalue weighted by Crippen LogP contribution is 2.34. The van der Waals surface area contributed by atoms with E-state index in [0.29, 0.717) is 24.3 Å². The molecule has 0 aromatic heterocycles. The van der Waals surface area contributed by atoms with E-state index in [1.165, 1.54) is 23.9 Å². The summed E-state index contributed by atoms with van der Waals surface area (Å²) in [6.07, 6.45) is 2.30. The van der Waals surface area contributed by atoms with E-state index in [9.17, 15) is 8.78 Å². The Bertz CT molecular complexity index is 581. The maximum absolute atomic E-state index is 13.9. The van der Waals surface area contributed by atoms with Crippen molar-refractivity contribution in [2.45, 2.75) is 11.3 Å². The van der Waals surface area contributed by atoms with Crippen LogP contribution in [-0.2, 0) is 6.42 Å². The van der Waals surface area contributed by atoms with Crippen molar-refractivity contribution < 1.29 is 13.5 Å². The minimum atomic E-state index is -0.718. The summed E-state index contributed by atoms with van der Waals surface area (Å²) in [6.45, 7) is 0.342. The highest BCUT2D eigenvalue weighted by atomic mass is 32.2. The van der Waals surface area contributed by atoms with Gasteiger partial charge in [0.1, 0.15) is 5.75 Å². The van der Waals surface area contributed by atoms with Crippen LogP contribution in [0.15, 0.2) is 41.3 Å². The molecule has 2 rings (SSSR count). The first-order valence-electron chi connectivity index (χ1n) is 6.14. The number of ether oxygens (including phenoxy) is 1. The molecule has 5 heteroatoms. The quantitative estimate of drug-likeness (QED) is 0.847. The Hall–Kier alpha value is -1.59. The Kier molecular flexibility index (Phi) is 4.98. The molecule has 0 saturated carbocycles. The molecule has 2 aromatic rings. The number of hydrogen-bond acceptors (Lipinski definition) is 3. The zero-order chi connectivity index (χ0) is 14.5. The largest absolute Gasteiger partial charge is 0.450 e. The minimum absolute atomic E-state index is 0.342. The number of rotatable bonds is 5. The van der Waals surface area contributed by atoms with Crippen molar-refractivity contribution in [2.24, 2.45) is 5.73 Å². The molecule has 0 amide bonds. The smallest absolute Gasteiger partial charge is 0.198 e. The van der Waals surface area contributed by atoms with Gasteiger partial charge in [-0.3, -0.25) is 0 Å². The number of halogens is 2. The van der Waals surface area contributed by atoms with Gasteiger partial charge in [-0.15, -0.1) is 11.8 Å². The lowest BCUT2D eigenvalue weighted by Crippen LogP contribution is -2.04. The van der Waals surface area contributed by atoms with Gasteiger partial charge < -0.3 is 10.5 Å². The third-order valence-corrected chi connectivity index (χ3v) is 3.55. The van der Waals surface area contributed by atoms with E-state index < -0.39 is 11.6 Å². The molecule has 0 radical (unpaired) electrons. The molecule has 2 nitrogen and oxygen atoms in total. The number of benzene rings is 2. The molecule has 2 N–H and O–H groups in total. The van der Waals surface area contributed by atoms with Crippen molar-refractivity contribution in [3.05, 3.63) is 53.6 Å². The van der Waals surface area contributed by atoms with Gasteiger partial charge in [-0.2, -0.15) is 0 Å². The van der Waals surface area contributed by atoms with Gasteiger partial charge in [0.2, 0.25) is 0 Å². The third kappa shape index (κ3) is 3.29. The lowest BCUT2D eigenvalue weighted by molar-refractivity contribution is 0.399. The molecule has 0 bridgehead atoms. The standard InChI is InChI=1S/C15H15F2NOS/c1-20-14-5-3-2-4-13(14)19-15-11(16)8-10(6-7-18)9-12(15)17/h2-5,8-9H,6-7,18H2,1H3. The maximum atomic E-state index is 13.9. The van der Waals surface area contributed by atoms with Crippen molar-refractivity contribution in [2.75, 3.05) is 12.8 Å². The van der Waals surface area contributed by atoms with E-state index in [4.69, 9.17) is 10.5 Å². The average Bonchev–Trinajstić information content (AvgIpc) is 2.43. The molecule has 0 fully saturated rings. The van der Waals surface area contributed by atoms with E-state index in [2.05, 4.69) is 0 Å². The lowest BCUT2D eigenvalue weighted by atomic mass is 10.1. The Morgan fingerprint density at radius 3 is 2.40 bits per heavy atom. The predicted octanol–water partition coefficient (Wildman–Crippen LogP) is 3.98. The highest BCUT2D eigenvalue weighted by molar-refractivity contribution is 7.98. The number of nitrogens with two attached hydrogens (primary N) is 1. The third-order valence-electron chi connectivity index (χ3n) is 2.77. The van der Waals surface area contributed by atoms with Crippen LogP contribution in [-0.4, -0.2) is 12.8 Å². The molecule has 0 heterocycles. The van der Waals surface area contributed by atoms with Gasteiger partial charge in [-0.05, 0) is 49.1 Å². The average molecular weight is 295 g/mol. The Labute approximate surface area is 120 Å². The molecule has 0 aliphatic carbocycles. The van der Waals surface area contributed by atoms with Gasteiger partial charge >= 0.3 is 0 Å². The molecule has 0 spiro atoms. The second-order valence-electron chi connectivity index (χ2n) is 4.18. The van der Waals surface area contributed by atoms with Crippen LogP contribution in [0.2, 0.25) is 0 Å². The van der Waals surface area contributed by atoms with Crippen LogP contribution in [0.4, 0.5) is 8.78 Å². The zero-order valence-corrected chi connectivity index (χ0v) is 11.8. The SMILES string of the molecule is CSc1ccccc1Oc1c(F)cc(CCN)cc1F. The summed E-state index contributed by atoms with van der Waals surface area (Å²) in [6, 6.07) is 9.63. The fourth-order valence-electron chi connectivity index (χ4n) is 1.83. The topological polar surface area (TPSA) is 35.2 Å². The number of hydrogen-bond donors (Lipinski definition) is 1. The number of para-hydroxylation sites is 1. The molecule has 0 unspecified atom stereocenters. The minimum Gasteiger partial charge on any atom is -0.450 e. The van der Waals surface area contributed by atoms with E-state index in [-0.39, 0.29) is 5.75 Å². The van der Waals surface area contributed by atoms with Crippen molar-refractivity contribution in [3.63, 3.8) is 0 Å². The van der Waals surface area contributed by atoms with Crippen molar-refractivity contribution >= 4 is 11.8 Å². The van der Waals surface area contributed by atoms with E-state index >= 15 is 0 Å². The van der Waals surface area contributed by atoms with E-state index in [1.54, 1.807) is 12.1 Å². The molecular weight excluding hydrogens is 280 g/mol. The molecule has 0 aliphatic heterocycles. The molecule has 0 saturated heterocycles. The molecule has 0 atom stereocenters. The second-order valence-corrected chi connectivity index (χ2v) is 5.03. The second kappa shape index (κ2) is 6.72. The van der Waals surface area contributed by atoms with Crippen LogP contribution in [0.1, 0.15) is 5.56 Å². The van der Waals surface area contributed by atoms with Crippen molar-refractivity contribution in [3.8, 4) is 11.5 Å². The molecule has 106 valence electrons. The molecular formula is C15H15F2NOS.